The molecule has 0 radical (unpaired) electrons. The van der Waals surface area contributed by atoms with Crippen molar-refractivity contribution in [2.45, 2.75) is 110 Å². The number of carbonyl (C=O) groups excluding carboxylic acids is 2. The molecule has 1 atom stereocenters. The van der Waals surface area contributed by atoms with Gasteiger partial charge in [-0.15, -0.1) is 0 Å². The standard InChI is InChI=1S/C23H42O6/c1-4-26-23(27-5-2,28-6-3)18-16-14-12-10-8-7-9-11-13-15-17-20-19-21(24)29-22(20)25/h20H,4-19H2,1-3H3. The summed E-state index contributed by atoms with van der Waals surface area (Å²) in [6.07, 6.45) is 13.7. The van der Waals surface area contributed by atoms with Crippen LogP contribution in [0.2, 0.25) is 0 Å². The summed E-state index contributed by atoms with van der Waals surface area (Å²) in [7, 11) is 0. The fourth-order valence-electron chi connectivity index (χ4n) is 3.89. The van der Waals surface area contributed by atoms with Gasteiger partial charge in [0.15, 0.2) is 0 Å². The number of cyclic esters (lactones) is 2. The number of ether oxygens (including phenoxy) is 4. The van der Waals surface area contributed by atoms with E-state index in [1.165, 1.54) is 44.9 Å². The summed E-state index contributed by atoms with van der Waals surface area (Å²) in [5.74, 6) is -1.73. The molecule has 0 aliphatic carbocycles. The fraction of sp³-hybridized carbons (Fsp3) is 0.913. The Morgan fingerprint density at radius 3 is 1.62 bits per heavy atom. The third-order valence-electron chi connectivity index (χ3n) is 5.34. The molecule has 0 aromatic heterocycles. The van der Waals surface area contributed by atoms with Gasteiger partial charge in [-0.25, -0.2) is 0 Å². The number of hydrogen-bond acceptors (Lipinski definition) is 6. The normalized spacial score (nSPS) is 17.1. The predicted molar refractivity (Wildman–Crippen MR) is 112 cm³/mol. The fourth-order valence-corrected chi connectivity index (χ4v) is 3.89. The second-order valence-corrected chi connectivity index (χ2v) is 7.75. The van der Waals surface area contributed by atoms with Crippen molar-refractivity contribution < 1.29 is 28.5 Å². The molecule has 1 rings (SSSR count). The first-order valence-corrected chi connectivity index (χ1v) is 11.7. The molecule has 0 spiro atoms. The summed E-state index contributed by atoms with van der Waals surface area (Å²) in [4.78, 5) is 22.4. The van der Waals surface area contributed by atoms with Gasteiger partial charge in [-0.3, -0.25) is 9.59 Å². The van der Waals surface area contributed by atoms with Crippen LogP contribution in [0, 0.1) is 5.92 Å². The van der Waals surface area contributed by atoms with Crippen LogP contribution in [0.3, 0.4) is 0 Å². The largest absolute Gasteiger partial charge is 0.393 e. The van der Waals surface area contributed by atoms with Crippen LogP contribution in [0.25, 0.3) is 0 Å². The molecule has 1 fully saturated rings. The van der Waals surface area contributed by atoms with Crippen molar-refractivity contribution in [2.75, 3.05) is 19.8 Å². The molecule has 0 N–H and O–H groups in total. The van der Waals surface area contributed by atoms with E-state index in [4.69, 9.17) is 14.2 Å². The summed E-state index contributed by atoms with van der Waals surface area (Å²) >= 11 is 0. The minimum Gasteiger partial charge on any atom is -0.393 e. The van der Waals surface area contributed by atoms with Gasteiger partial charge in [0, 0.05) is 26.2 Å². The van der Waals surface area contributed by atoms with Crippen molar-refractivity contribution in [1.29, 1.82) is 0 Å². The Morgan fingerprint density at radius 1 is 0.759 bits per heavy atom. The van der Waals surface area contributed by atoms with Crippen LogP contribution in [0.4, 0.5) is 0 Å². The predicted octanol–water partition coefficient (Wildman–Crippen LogP) is 5.52. The molecular weight excluding hydrogens is 372 g/mol. The lowest BCUT2D eigenvalue weighted by Crippen LogP contribution is -2.39. The molecule has 0 aromatic carbocycles. The topological polar surface area (TPSA) is 71.1 Å². The summed E-state index contributed by atoms with van der Waals surface area (Å²) in [5, 5.41) is 0. The molecule has 29 heavy (non-hydrogen) atoms. The third-order valence-corrected chi connectivity index (χ3v) is 5.34. The average molecular weight is 415 g/mol. The van der Waals surface area contributed by atoms with Gasteiger partial charge in [0.05, 0.1) is 12.3 Å². The quantitative estimate of drug-likeness (QED) is 0.120. The maximum absolute atomic E-state index is 11.4. The van der Waals surface area contributed by atoms with Crippen LogP contribution in [-0.2, 0) is 28.5 Å². The van der Waals surface area contributed by atoms with Gasteiger partial charge in [0.25, 0.3) is 5.97 Å². The highest BCUT2D eigenvalue weighted by Gasteiger charge is 2.32. The van der Waals surface area contributed by atoms with E-state index in [9.17, 15) is 9.59 Å². The zero-order chi connectivity index (χ0) is 21.4. The number of carbonyl (C=O) groups is 2. The Hall–Kier alpha value is -0.980. The van der Waals surface area contributed by atoms with Crippen LogP contribution < -0.4 is 0 Å². The van der Waals surface area contributed by atoms with E-state index in [1.807, 2.05) is 20.8 Å². The van der Waals surface area contributed by atoms with E-state index < -0.39 is 5.97 Å². The van der Waals surface area contributed by atoms with E-state index in [1.54, 1.807) is 0 Å². The average Bonchev–Trinajstić information content (AvgIpc) is 3.00. The van der Waals surface area contributed by atoms with Gasteiger partial charge in [-0.05, 0) is 33.6 Å². The lowest BCUT2D eigenvalue weighted by molar-refractivity contribution is -0.380. The first kappa shape index (κ1) is 26.1. The Labute approximate surface area is 177 Å². The summed E-state index contributed by atoms with van der Waals surface area (Å²) < 4.78 is 21.9. The lowest BCUT2D eigenvalue weighted by Gasteiger charge is -2.32. The highest BCUT2D eigenvalue weighted by atomic mass is 16.9. The van der Waals surface area contributed by atoms with E-state index in [2.05, 4.69) is 4.74 Å². The van der Waals surface area contributed by atoms with Crippen LogP contribution in [0.1, 0.15) is 104 Å². The first-order valence-electron chi connectivity index (χ1n) is 11.7. The second-order valence-electron chi connectivity index (χ2n) is 7.75. The van der Waals surface area contributed by atoms with Crippen molar-refractivity contribution in [3.05, 3.63) is 0 Å². The molecular formula is C23H42O6. The number of unbranched alkanes of at least 4 members (excludes halogenated alkanes) is 9. The molecule has 6 heteroatoms. The molecule has 1 unspecified atom stereocenters. The Balaban J connectivity index is 1.96. The van der Waals surface area contributed by atoms with Crippen LogP contribution >= 0.6 is 0 Å². The van der Waals surface area contributed by atoms with Gasteiger partial charge in [0.1, 0.15) is 0 Å². The molecule has 0 saturated carbocycles. The third kappa shape index (κ3) is 11.1. The van der Waals surface area contributed by atoms with Crippen molar-refractivity contribution >= 4 is 11.9 Å². The highest BCUT2D eigenvalue weighted by Crippen LogP contribution is 2.25. The Bertz CT molecular complexity index is 434. The van der Waals surface area contributed by atoms with E-state index in [0.717, 1.165) is 32.1 Å². The molecule has 170 valence electrons. The van der Waals surface area contributed by atoms with Gasteiger partial charge < -0.3 is 18.9 Å². The minimum absolute atomic E-state index is 0.186. The first-order chi connectivity index (χ1) is 14.1. The van der Waals surface area contributed by atoms with E-state index in [0.29, 0.717) is 19.8 Å². The van der Waals surface area contributed by atoms with Gasteiger partial charge in [-0.1, -0.05) is 57.8 Å². The molecule has 1 heterocycles. The molecule has 1 aliphatic rings. The SMILES string of the molecule is CCOC(CCCCCCCCCCCCC1CC(=O)OC1=O)(OCC)OCC. The van der Waals surface area contributed by atoms with E-state index >= 15 is 0 Å². The monoisotopic (exact) mass is 414 g/mol. The van der Waals surface area contributed by atoms with Gasteiger partial charge >= 0.3 is 11.9 Å². The summed E-state index contributed by atoms with van der Waals surface area (Å²) in [6, 6.07) is 0. The second kappa shape index (κ2) is 15.8. The zero-order valence-electron chi connectivity index (χ0n) is 18.8. The van der Waals surface area contributed by atoms with E-state index in [-0.39, 0.29) is 24.3 Å². The van der Waals surface area contributed by atoms with Crippen molar-refractivity contribution in [1.82, 2.24) is 0 Å². The van der Waals surface area contributed by atoms with Crippen molar-refractivity contribution in [3.8, 4) is 0 Å². The summed E-state index contributed by atoms with van der Waals surface area (Å²) in [6.45, 7) is 7.66. The van der Waals surface area contributed by atoms with Crippen molar-refractivity contribution in [3.63, 3.8) is 0 Å². The molecule has 0 bridgehead atoms. The molecule has 0 aromatic rings. The maximum Gasteiger partial charge on any atom is 0.317 e. The van der Waals surface area contributed by atoms with Crippen molar-refractivity contribution in [2.24, 2.45) is 5.92 Å². The molecule has 1 saturated heterocycles. The number of rotatable bonds is 19. The number of hydrogen-bond donors (Lipinski definition) is 0. The maximum atomic E-state index is 11.4. The van der Waals surface area contributed by atoms with Crippen LogP contribution in [0.5, 0.6) is 0 Å². The van der Waals surface area contributed by atoms with Gasteiger partial charge in [0.2, 0.25) is 0 Å². The van der Waals surface area contributed by atoms with Crippen LogP contribution in [-0.4, -0.2) is 37.7 Å². The molecule has 6 nitrogen and oxygen atoms in total. The lowest BCUT2D eigenvalue weighted by atomic mass is 9.98. The molecule has 0 amide bonds. The smallest absolute Gasteiger partial charge is 0.317 e. The number of esters is 2. The minimum atomic E-state index is -0.860. The Morgan fingerprint density at radius 2 is 1.21 bits per heavy atom. The Kier molecular flexibility index (Phi) is 14.2. The molecule has 1 aliphatic heterocycles. The van der Waals surface area contributed by atoms with Crippen LogP contribution in [0.15, 0.2) is 0 Å². The van der Waals surface area contributed by atoms with Gasteiger partial charge in [-0.2, -0.15) is 0 Å². The zero-order valence-corrected chi connectivity index (χ0v) is 18.8. The highest BCUT2D eigenvalue weighted by molar-refractivity contribution is 5.94. The summed E-state index contributed by atoms with van der Waals surface area (Å²) in [5.41, 5.74) is 0.